The monoisotopic (exact) mass is 665 g/mol. The minimum atomic E-state index is -5.58. The summed E-state index contributed by atoms with van der Waals surface area (Å²) in [4.78, 5) is 2.28. The first-order chi connectivity index (χ1) is 21.0. The summed E-state index contributed by atoms with van der Waals surface area (Å²) in [5.41, 5.74) is 0.690. The third-order valence-corrected chi connectivity index (χ3v) is 13.6. The van der Waals surface area contributed by atoms with Crippen molar-refractivity contribution in [2.45, 2.75) is 127 Å². The molecule has 9 atom stereocenters. The fraction of sp³-hybridized carbons (Fsp3) is 0.824. The lowest BCUT2D eigenvalue weighted by Gasteiger charge is -2.56. The average molecular weight is 666 g/mol. The molecule has 1 heterocycles. The van der Waals surface area contributed by atoms with Crippen molar-refractivity contribution in [3.05, 3.63) is 29.3 Å². The molecular weight excluding hydrogens is 616 g/mol. The van der Waals surface area contributed by atoms with Gasteiger partial charge in [0.2, 0.25) is 0 Å². The van der Waals surface area contributed by atoms with Crippen molar-refractivity contribution >= 4 is 11.2 Å². The van der Waals surface area contributed by atoms with Crippen molar-refractivity contribution in [3.63, 3.8) is 0 Å². The third kappa shape index (κ3) is 7.16. The van der Waals surface area contributed by atoms with Gasteiger partial charge >= 0.3 is 12.1 Å². The Bertz CT molecular complexity index is 1170. The van der Waals surface area contributed by atoms with Gasteiger partial charge in [-0.05, 0) is 119 Å². The molecule has 2 saturated carbocycles. The summed E-state index contributed by atoms with van der Waals surface area (Å²) >= 11 is -1.45. The van der Waals surface area contributed by atoms with Crippen LogP contribution >= 0.6 is 0 Å². The minimum Gasteiger partial charge on any atom is -0.616 e. The van der Waals surface area contributed by atoms with Gasteiger partial charge in [-0.1, -0.05) is 37.0 Å². The van der Waals surface area contributed by atoms with Gasteiger partial charge in [0.1, 0.15) is 23.4 Å². The maximum Gasteiger partial charge on any atom is 0.453 e. The lowest BCUT2D eigenvalue weighted by Crippen LogP contribution is -2.54. The number of rotatable bonds is 12. The molecule has 5 rings (SSSR count). The Hall–Kier alpha value is -1.17. The van der Waals surface area contributed by atoms with E-state index >= 15 is 4.39 Å². The van der Waals surface area contributed by atoms with Crippen LogP contribution < -0.4 is 0 Å². The maximum absolute atomic E-state index is 16.1. The molecule has 0 spiro atoms. The van der Waals surface area contributed by atoms with E-state index in [4.69, 9.17) is 0 Å². The van der Waals surface area contributed by atoms with E-state index in [0.717, 1.165) is 75.6 Å². The molecule has 1 aromatic rings. The highest BCUT2D eigenvalue weighted by Gasteiger charge is 2.63. The number of hydrogen-bond acceptors (Lipinski definition) is 4. The normalized spacial score (nSPS) is 36.0. The standard InChI is InChI=1S/C34H49F6NO3S/c1-31-20-28(35)30-26-11-10-25(42)19-23(26)18-22(29(30)27(31)12-14-32(31,2)43)8-4-3-5-15-41-16-6-9-24(41)21-45(44)17-7-13-33(36,37)34(38,39)40/h10-11,19,22,24,27-30,42-43H,3-9,12-18,20-21H2,1-2H3/t22-,24+,27+,28+,29+,30+,31+,32+,45?/m1/s1. The molecule has 3 aliphatic carbocycles. The van der Waals surface area contributed by atoms with E-state index in [1.54, 1.807) is 12.1 Å². The van der Waals surface area contributed by atoms with Crippen molar-refractivity contribution in [3.8, 4) is 5.75 Å². The lowest BCUT2D eigenvalue weighted by atomic mass is 9.50. The van der Waals surface area contributed by atoms with Crippen LogP contribution in [0.3, 0.4) is 0 Å². The van der Waals surface area contributed by atoms with Gasteiger partial charge in [0, 0.05) is 17.8 Å². The van der Waals surface area contributed by atoms with Gasteiger partial charge in [-0.15, -0.1) is 0 Å². The Morgan fingerprint density at radius 2 is 1.82 bits per heavy atom. The molecule has 0 radical (unpaired) electrons. The maximum atomic E-state index is 16.1. The van der Waals surface area contributed by atoms with Crippen LogP contribution in [-0.2, 0) is 17.6 Å². The number of aliphatic hydroxyl groups is 1. The molecule has 2 N–H and O–H groups in total. The molecule has 3 fully saturated rings. The quantitative estimate of drug-likeness (QED) is 0.135. The molecule has 256 valence electrons. The van der Waals surface area contributed by atoms with Crippen LogP contribution in [0.15, 0.2) is 18.2 Å². The second-order valence-corrected chi connectivity index (χ2v) is 16.4. The number of aromatic hydroxyl groups is 1. The van der Waals surface area contributed by atoms with E-state index < -0.39 is 53.3 Å². The molecule has 1 aliphatic heterocycles. The second-order valence-electron chi connectivity index (χ2n) is 14.8. The van der Waals surface area contributed by atoms with Crippen molar-refractivity contribution in [1.29, 1.82) is 0 Å². The summed E-state index contributed by atoms with van der Waals surface area (Å²) in [6.07, 6.45) is -0.0821. The van der Waals surface area contributed by atoms with Crippen molar-refractivity contribution in [2.24, 2.45) is 23.2 Å². The predicted molar refractivity (Wildman–Crippen MR) is 164 cm³/mol. The van der Waals surface area contributed by atoms with Gasteiger partial charge in [0.05, 0.1) is 11.6 Å². The largest absolute Gasteiger partial charge is 0.616 e. The molecular formula is C34H49F6NO3S. The Labute approximate surface area is 266 Å². The number of hydrogen-bond donors (Lipinski definition) is 2. The van der Waals surface area contributed by atoms with E-state index in [-0.39, 0.29) is 41.2 Å². The number of halogens is 6. The summed E-state index contributed by atoms with van der Waals surface area (Å²) in [6.45, 7) is 5.63. The number of unbranched alkanes of at least 4 members (excludes halogenated alkanes) is 2. The molecule has 4 nitrogen and oxygen atoms in total. The molecule has 4 aliphatic rings. The van der Waals surface area contributed by atoms with Crippen LogP contribution in [0.5, 0.6) is 5.75 Å². The van der Waals surface area contributed by atoms with E-state index in [9.17, 15) is 36.7 Å². The highest BCUT2D eigenvalue weighted by molar-refractivity contribution is 7.91. The fourth-order valence-electron chi connectivity index (χ4n) is 9.45. The summed E-state index contributed by atoms with van der Waals surface area (Å²) < 4.78 is 92.2. The van der Waals surface area contributed by atoms with Gasteiger partial charge in [0.15, 0.2) is 0 Å². The number of phenols is 1. The van der Waals surface area contributed by atoms with Crippen LogP contribution in [0, 0.1) is 23.2 Å². The Kier molecular flexibility index (Phi) is 10.5. The molecule has 1 aromatic carbocycles. The van der Waals surface area contributed by atoms with Gasteiger partial charge in [-0.25, -0.2) is 4.39 Å². The van der Waals surface area contributed by atoms with Crippen molar-refractivity contribution < 1.29 is 41.1 Å². The van der Waals surface area contributed by atoms with Gasteiger partial charge in [-0.2, -0.15) is 22.0 Å². The third-order valence-electron chi connectivity index (χ3n) is 12.1. The van der Waals surface area contributed by atoms with Crippen molar-refractivity contribution in [1.82, 2.24) is 4.90 Å². The van der Waals surface area contributed by atoms with E-state index in [0.29, 0.717) is 18.6 Å². The van der Waals surface area contributed by atoms with E-state index in [1.165, 1.54) is 0 Å². The molecule has 1 unspecified atom stereocenters. The van der Waals surface area contributed by atoms with Crippen LogP contribution in [0.4, 0.5) is 26.3 Å². The van der Waals surface area contributed by atoms with Gasteiger partial charge in [-0.3, -0.25) is 4.90 Å². The van der Waals surface area contributed by atoms with Gasteiger partial charge in [0.25, 0.3) is 0 Å². The Morgan fingerprint density at radius 3 is 2.56 bits per heavy atom. The Balaban J connectivity index is 1.13. The first-order valence-corrected chi connectivity index (χ1v) is 18.2. The first kappa shape index (κ1) is 35.1. The number of likely N-dealkylation sites (tertiary alicyclic amines) is 1. The van der Waals surface area contributed by atoms with Crippen molar-refractivity contribution in [2.75, 3.05) is 24.6 Å². The smallest absolute Gasteiger partial charge is 0.453 e. The fourth-order valence-corrected chi connectivity index (χ4v) is 10.9. The van der Waals surface area contributed by atoms with Crippen LogP contribution in [0.1, 0.15) is 102 Å². The van der Waals surface area contributed by atoms with E-state index in [2.05, 4.69) is 11.8 Å². The lowest BCUT2D eigenvalue weighted by molar-refractivity contribution is -0.284. The highest BCUT2D eigenvalue weighted by atomic mass is 32.2. The number of alkyl halides is 6. The highest BCUT2D eigenvalue weighted by Crippen LogP contribution is 2.66. The van der Waals surface area contributed by atoms with Crippen LogP contribution in [0.2, 0.25) is 0 Å². The molecule has 11 heteroatoms. The number of phenolic OH excluding ortho intramolecular Hbond substituents is 1. The molecule has 1 saturated heterocycles. The molecule has 45 heavy (non-hydrogen) atoms. The molecule has 0 aromatic heterocycles. The number of benzene rings is 1. The van der Waals surface area contributed by atoms with Gasteiger partial charge < -0.3 is 14.8 Å². The minimum absolute atomic E-state index is 0.0498. The predicted octanol–water partition coefficient (Wildman–Crippen LogP) is 7.92. The summed E-state index contributed by atoms with van der Waals surface area (Å²) in [5.74, 6) is -4.00. The summed E-state index contributed by atoms with van der Waals surface area (Å²) in [6, 6.07) is 5.41. The van der Waals surface area contributed by atoms with E-state index in [1.807, 2.05) is 13.0 Å². The summed E-state index contributed by atoms with van der Waals surface area (Å²) in [5, 5.41) is 21.5. The molecule has 0 bridgehead atoms. The first-order valence-electron chi connectivity index (χ1n) is 16.8. The van der Waals surface area contributed by atoms with Crippen LogP contribution in [0.25, 0.3) is 0 Å². The Morgan fingerprint density at radius 1 is 1.07 bits per heavy atom. The average Bonchev–Trinajstić information content (AvgIpc) is 3.47. The molecule has 0 amide bonds. The number of nitrogens with zero attached hydrogens (tertiary/aromatic N) is 1. The topological polar surface area (TPSA) is 66.8 Å². The zero-order chi connectivity index (χ0) is 32.8. The zero-order valence-corrected chi connectivity index (χ0v) is 27.3. The second kappa shape index (κ2) is 13.4. The summed E-state index contributed by atoms with van der Waals surface area (Å²) in [7, 11) is 0. The zero-order valence-electron chi connectivity index (χ0n) is 26.4. The number of fused-ring (bicyclic) bond motifs is 5. The van der Waals surface area contributed by atoms with Crippen LogP contribution in [-0.4, -0.2) is 74.2 Å². The SMILES string of the molecule is C[C@]1(O)CC[C@H]2[C@@H]3[C@H](CCCCCN4CCC[C@H]4C[S+]([O-])CCCC(F)(F)C(F)(F)F)Cc4cc(O)ccc4[C@H]3[C@@H](F)C[C@@]21C.